The number of esters is 1. The van der Waals surface area contributed by atoms with E-state index < -0.39 is 38.4 Å². The lowest BCUT2D eigenvalue weighted by Crippen LogP contribution is -2.65. The lowest BCUT2D eigenvalue weighted by atomic mass is 9.99. The summed E-state index contributed by atoms with van der Waals surface area (Å²) in [5.41, 5.74) is 0.0486. The Bertz CT molecular complexity index is 1020. The number of benzene rings is 2. The molecule has 2 unspecified atom stereocenters. The molecule has 2 atom stereocenters. The number of carbonyl (C=O) groups excluding carboxylic acids is 1. The maximum Gasteiger partial charge on any atom is 0.324 e. The first kappa shape index (κ1) is 18.8. The van der Waals surface area contributed by atoms with Crippen molar-refractivity contribution < 1.29 is 31.5 Å². The van der Waals surface area contributed by atoms with Crippen molar-refractivity contribution in [2.45, 2.75) is 35.3 Å². The van der Waals surface area contributed by atoms with E-state index in [1.165, 1.54) is 24.3 Å². The number of morpholine rings is 1. The number of hydrogen-bond acceptors (Lipinski definition) is 6. The lowest BCUT2D eigenvalue weighted by molar-refractivity contribution is -0.168. The summed E-state index contributed by atoms with van der Waals surface area (Å²) < 4.78 is 63.6. The SMILES string of the molecule is O=C1OC2(S(=O)(=O)c3ccc(OCc4cc(F)ccc4F)cc3)CCC1NC2. The van der Waals surface area contributed by atoms with Gasteiger partial charge in [-0.1, -0.05) is 0 Å². The van der Waals surface area contributed by atoms with Gasteiger partial charge in [0.1, 0.15) is 30.0 Å². The van der Waals surface area contributed by atoms with E-state index in [4.69, 9.17) is 9.47 Å². The van der Waals surface area contributed by atoms with Gasteiger partial charge in [-0.25, -0.2) is 17.2 Å². The van der Waals surface area contributed by atoms with Gasteiger partial charge in [0.2, 0.25) is 14.8 Å². The minimum atomic E-state index is -3.94. The quantitative estimate of drug-likeness (QED) is 0.764. The van der Waals surface area contributed by atoms with Gasteiger partial charge in [0.25, 0.3) is 0 Å². The van der Waals surface area contributed by atoms with Gasteiger partial charge in [0.05, 0.1) is 11.4 Å². The Kier molecular flexibility index (Phi) is 4.59. The van der Waals surface area contributed by atoms with E-state index in [-0.39, 0.29) is 30.0 Å². The first-order valence-corrected chi connectivity index (χ1v) is 10.2. The Hall–Kier alpha value is -2.52. The lowest BCUT2D eigenvalue weighted by Gasteiger charge is -2.44. The van der Waals surface area contributed by atoms with Gasteiger partial charge in [-0.3, -0.25) is 10.1 Å². The van der Waals surface area contributed by atoms with Crippen LogP contribution in [0.2, 0.25) is 0 Å². The highest BCUT2D eigenvalue weighted by Crippen LogP contribution is 2.39. The van der Waals surface area contributed by atoms with Crippen LogP contribution in [0.25, 0.3) is 0 Å². The number of nitrogens with one attached hydrogen (secondary N) is 1. The molecule has 6 nitrogen and oxygen atoms in total. The van der Waals surface area contributed by atoms with Gasteiger partial charge >= 0.3 is 5.97 Å². The third-order valence-corrected chi connectivity index (χ3v) is 7.33. The van der Waals surface area contributed by atoms with E-state index in [1.807, 2.05) is 0 Å². The Morgan fingerprint density at radius 2 is 1.93 bits per heavy atom. The van der Waals surface area contributed by atoms with Crippen molar-refractivity contribution in [2.24, 2.45) is 0 Å². The summed E-state index contributed by atoms with van der Waals surface area (Å²) in [4.78, 5) is 10.2. The Balaban J connectivity index is 1.51. The van der Waals surface area contributed by atoms with Gasteiger partial charge in [-0.05, 0) is 48.9 Å². The van der Waals surface area contributed by atoms with Crippen molar-refractivity contribution >= 4 is 15.8 Å². The summed E-state index contributed by atoms with van der Waals surface area (Å²) in [6.45, 7) is -0.161. The molecule has 2 aromatic rings. The van der Waals surface area contributed by atoms with Crippen LogP contribution in [-0.2, 0) is 26.0 Å². The highest BCUT2D eigenvalue weighted by Gasteiger charge is 2.56. The first-order chi connectivity index (χ1) is 13.3. The van der Waals surface area contributed by atoms with Gasteiger partial charge in [-0.15, -0.1) is 0 Å². The minimum Gasteiger partial charge on any atom is -0.489 e. The molecule has 0 aromatic heterocycles. The topological polar surface area (TPSA) is 81.7 Å². The molecule has 3 aliphatic rings. The second-order valence-electron chi connectivity index (χ2n) is 6.80. The molecular weight excluding hydrogens is 392 g/mol. The van der Waals surface area contributed by atoms with Gasteiger partial charge in [0.15, 0.2) is 0 Å². The number of fused-ring (bicyclic) bond motifs is 3. The van der Waals surface area contributed by atoms with Crippen molar-refractivity contribution in [3.63, 3.8) is 0 Å². The first-order valence-electron chi connectivity index (χ1n) is 8.68. The van der Waals surface area contributed by atoms with Gasteiger partial charge in [-0.2, -0.15) is 0 Å². The fraction of sp³-hybridized carbons (Fsp3) is 0.316. The van der Waals surface area contributed by atoms with Gasteiger partial charge in [0, 0.05) is 12.0 Å². The number of sulfone groups is 1. The van der Waals surface area contributed by atoms with E-state index in [9.17, 15) is 22.0 Å². The van der Waals surface area contributed by atoms with Crippen LogP contribution in [0.5, 0.6) is 5.75 Å². The van der Waals surface area contributed by atoms with Crippen molar-refractivity contribution in [3.05, 3.63) is 59.7 Å². The molecule has 2 bridgehead atoms. The average molecular weight is 409 g/mol. The Morgan fingerprint density at radius 1 is 1.18 bits per heavy atom. The third kappa shape index (κ3) is 3.14. The zero-order valence-electron chi connectivity index (χ0n) is 14.7. The summed E-state index contributed by atoms with van der Waals surface area (Å²) >= 11 is 0. The zero-order valence-corrected chi connectivity index (χ0v) is 15.5. The molecule has 28 heavy (non-hydrogen) atoms. The molecule has 3 aliphatic heterocycles. The average Bonchev–Trinajstić information content (AvgIpc) is 2.69. The molecule has 9 heteroatoms. The van der Waals surface area contributed by atoms with E-state index in [1.54, 1.807) is 0 Å². The molecule has 0 amide bonds. The number of halogens is 2. The molecule has 3 saturated heterocycles. The van der Waals surface area contributed by atoms with Crippen molar-refractivity contribution in [3.8, 4) is 5.75 Å². The highest BCUT2D eigenvalue weighted by molar-refractivity contribution is 7.92. The van der Waals surface area contributed by atoms with Crippen LogP contribution in [0.4, 0.5) is 8.78 Å². The highest BCUT2D eigenvalue weighted by atomic mass is 32.2. The molecule has 0 spiro atoms. The molecule has 3 fully saturated rings. The molecule has 0 saturated carbocycles. The number of ether oxygens (including phenoxy) is 2. The molecule has 0 aliphatic carbocycles. The van der Waals surface area contributed by atoms with E-state index in [0.29, 0.717) is 12.2 Å². The number of hydrogen-bond donors (Lipinski definition) is 1. The van der Waals surface area contributed by atoms with Gasteiger partial charge < -0.3 is 9.47 Å². The summed E-state index contributed by atoms with van der Waals surface area (Å²) in [5, 5.41) is 2.90. The maximum absolute atomic E-state index is 13.6. The second-order valence-corrected chi connectivity index (χ2v) is 9.03. The van der Waals surface area contributed by atoms with E-state index in [0.717, 1.165) is 18.2 Å². The molecular formula is C19H17F2NO5S. The number of rotatable bonds is 5. The van der Waals surface area contributed by atoms with Crippen molar-refractivity contribution in [1.82, 2.24) is 5.32 Å². The Labute approximate surface area is 160 Å². The summed E-state index contributed by atoms with van der Waals surface area (Å²) in [6.07, 6.45) is 0.633. The predicted octanol–water partition coefficient (Wildman–Crippen LogP) is 2.32. The fourth-order valence-electron chi connectivity index (χ4n) is 3.41. The maximum atomic E-state index is 13.6. The molecule has 2 aromatic carbocycles. The smallest absolute Gasteiger partial charge is 0.324 e. The number of piperidine rings is 1. The molecule has 148 valence electrons. The largest absolute Gasteiger partial charge is 0.489 e. The molecule has 1 N–H and O–H groups in total. The minimum absolute atomic E-state index is 0.00765. The summed E-state index contributed by atoms with van der Waals surface area (Å²) in [6, 6.07) is 8.14. The van der Waals surface area contributed by atoms with Crippen LogP contribution in [0.15, 0.2) is 47.4 Å². The summed E-state index contributed by atoms with van der Waals surface area (Å²) in [7, 11) is -3.94. The van der Waals surface area contributed by atoms with Crippen LogP contribution in [-0.4, -0.2) is 31.9 Å². The van der Waals surface area contributed by atoms with Crippen molar-refractivity contribution in [1.29, 1.82) is 0 Å². The van der Waals surface area contributed by atoms with Crippen LogP contribution in [0, 0.1) is 11.6 Å². The zero-order chi connectivity index (χ0) is 19.9. The molecule has 3 heterocycles. The Morgan fingerprint density at radius 3 is 2.57 bits per heavy atom. The second kappa shape index (κ2) is 6.82. The predicted molar refractivity (Wildman–Crippen MR) is 94.2 cm³/mol. The van der Waals surface area contributed by atoms with Crippen LogP contribution in [0.3, 0.4) is 0 Å². The molecule has 5 rings (SSSR count). The third-order valence-electron chi connectivity index (χ3n) is 5.03. The summed E-state index contributed by atoms with van der Waals surface area (Å²) in [5.74, 6) is -1.44. The normalized spacial score (nSPS) is 24.1. The number of carbonyl (C=O) groups is 1. The fourth-order valence-corrected chi connectivity index (χ4v) is 5.18. The van der Waals surface area contributed by atoms with Crippen LogP contribution < -0.4 is 10.1 Å². The van der Waals surface area contributed by atoms with Crippen LogP contribution >= 0.6 is 0 Å². The standard InChI is InChI=1S/C19H17F2NO5S/c20-13-1-6-16(21)12(9-13)10-26-14-2-4-15(5-3-14)28(24,25)19-8-7-17(22-11-19)18(23)27-19/h1-6,9,17,22H,7-8,10-11H2. The van der Waals surface area contributed by atoms with E-state index >= 15 is 0 Å². The molecule has 0 radical (unpaired) electrons. The van der Waals surface area contributed by atoms with E-state index in [2.05, 4.69) is 5.32 Å². The monoisotopic (exact) mass is 409 g/mol. The van der Waals surface area contributed by atoms with Crippen LogP contribution in [0.1, 0.15) is 18.4 Å². The van der Waals surface area contributed by atoms with Crippen molar-refractivity contribution in [2.75, 3.05) is 6.54 Å².